The number of hydrogen-bond donors (Lipinski definition) is 1. The first kappa shape index (κ1) is 18.9. The van der Waals surface area contributed by atoms with E-state index in [9.17, 15) is 4.79 Å². The van der Waals surface area contributed by atoms with E-state index in [4.69, 9.17) is 0 Å². The second-order valence-electron chi connectivity index (χ2n) is 7.68. The summed E-state index contributed by atoms with van der Waals surface area (Å²) >= 11 is 1.62. The zero-order valence-electron chi connectivity index (χ0n) is 16.7. The molecule has 2 heterocycles. The Morgan fingerprint density at radius 1 is 1.25 bits per heavy atom. The lowest BCUT2D eigenvalue weighted by molar-refractivity contribution is -0.121. The predicted octanol–water partition coefficient (Wildman–Crippen LogP) is 4.38. The van der Waals surface area contributed by atoms with E-state index in [0.29, 0.717) is 6.42 Å². The van der Waals surface area contributed by atoms with Crippen LogP contribution < -0.4 is 5.32 Å². The van der Waals surface area contributed by atoms with Gasteiger partial charge in [0.05, 0.1) is 29.1 Å². The standard InChI is InChI=1S/C22H26N4OS/c1-14-9-15(2)11-17(10-14)26-20-6-4-5-19(18(20)12-24-26)25-22(27)8-7-21-16(3)23-13-28-21/h9-13,19H,4-8H2,1-3H3,(H,25,27)/t19-/m0/s1. The molecular formula is C22H26N4OS. The molecule has 0 bridgehead atoms. The van der Waals surface area contributed by atoms with Crippen molar-refractivity contribution in [2.24, 2.45) is 0 Å². The van der Waals surface area contributed by atoms with E-state index in [1.807, 2.05) is 23.3 Å². The van der Waals surface area contributed by atoms with Gasteiger partial charge in [0, 0.05) is 22.6 Å². The number of hydrogen-bond acceptors (Lipinski definition) is 4. The highest BCUT2D eigenvalue weighted by Crippen LogP contribution is 2.31. The Morgan fingerprint density at radius 3 is 2.75 bits per heavy atom. The van der Waals surface area contributed by atoms with Crippen LogP contribution >= 0.6 is 11.3 Å². The summed E-state index contributed by atoms with van der Waals surface area (Å²) in [7, 11) is 0. The Hall–Kier alpha value is -2.47. The molecule has 2 aromatic heterocycles. The Bertz CT molecular complexity index is 984. The third-order valence-electron chi connectivity index (χ3n) is 5.39. The second-order valence-corrected chi connectivity index (χ2v) is 8.62. The number of aromatic nitrogens is 3. The first-order valence-electron chi connectivity index (χ1n) is 9.85. The van der Waals surface area contributed by atoms with Crippen molar-refractivity contribution in [3.05, 3.63) is 62.9 Å². The van der Waals surface area contributed by atoms with Gasteiger partial charge in [-0.15, -0.1) is 11.3 Å². The molecule has 0 radical (unpaired) electrons. The van der Waals surface area contributed by atoms with E-state index in [2.05, 4.69) is 47.4 Å². The summed E-state index contributed by atoms with van der Waals surface area (Å²) in [6.45, 7) is 6.22. The first-order chi connectivity index (χ1) is 13.5. The summed E-state index contributed by atoms with van der Waals surface area (Å²) in [5.41, 5.74) is 8.83. The summed E-state index contributed by atoms with van der Waals surface area (Å²) in [5, 5.41) is 7.90. The van der Waals surface area contributed by atoms with E-state index in [1.165, 1.54) is 21.7 Å². The van der Waals surface area contributed by atoms with Gasteiger partial charge in [-0.1, -0.05) is 6.07 Å². The third kappa shape index (κ3) is 3.87. The van der Waals surface area contributed by atoms with Crippen LogP contribution in [0.15, 0.2) is 29.9 Å². The maximum atomic E-state index is 12.5. The summed E-state index contributed by atoms with van der Waals surface area (Å²) in [6.07, 6.45) is 6.21. The van der Waals surface area contributed by atoms with Crippen LogP contribution in [0.1, 0.15) is 58.3 Å². The summed E-state index contributed by atoms with van der Waals surface area (Å²) in [4.78, 5) is 18.0. The number of nitrogens with zero attached hydrogens (tertiary/aromatic N) is 3. The van der Waals surface area contributed by atoms with E-state index < -0.39 is 0 Å². The molecule has 1 amide bonds. The van der Waals surface area contributed by atoms with Crippen LogP contribution in [0.3, 0.4) is 0 Å². The highest BCUT2D eigenvalue weighted by Gasteiger charge is 2.26. The fraction of sp³-hybridized carbons (Fsp3) is 0.409. The van der Waals surface area contributed by atoms with Gasteiger partial charge in [-0.05, 0) is 69.7 Å². The molecule has 1 atom stereocenters. The molecule has 1 aliphatic carbocycles. The first-order valence-corrected chi connectivity index (χ1v) is 10.7. The van der Waals surface area contributed by atoms with Crippen molar-refractivity contribution >= 4 is 17.2 Å². The molecule has 0 saturated heterocycles. The number of benzene rings is 1. The van der Waals surface area contributed by atoms with Crippen LogP contribution in [0.25, 0.3) is 5.69 Å². The summed E-state index contributed by atoms with van der Waals surface area (Å²) in [6, 6.07) is 6.56. The number of rotatable bonds is 5. The molecular weight excluding hydrogens is 368 g/mol. The average molecular weight is 395 g/mol. The molecule has 6 heteroatoms. The van der Waals surface area contributed by atoms with Crippen LogP contribution in [-0.4, -0.2) is 20.7 Å². The monoisotopic (exact) mass is 394 g/mol. The average Bonchev–Trinajstić information content (AvgIpc) is 3.26. The number of aryl methyl sites for hydroxylation is 4. The van der Waals surface area contributed by atoms with Crippen molar-refractivity contribution in [1.29, 1.82) is 0 Å². The zero-order chi connectivity index (χ0) is 19.7. The lowest BCUT2D eigenvalue weighted by atomic mass is 9.92. The van der Waals surface area contributed by atoms with Gasteiger partial charge in [-0.2, -0.15) is 5.10 Å². The number of nitrogens with one attached hydrogen (secondary N) is 1. The lowest BCUT2D eigenvalue weighted by Gasteiger charge is -2.24. The van der Waals surface area contributed by atoms with E-state index in [1.54, 1.807) is 11.3 Å². The quantitative estimate of drug-likeness (QED) is 0.699. The van der Waals surface area contributed by atoms with E-state index in [-0.39, 0.29) is 11.9 Å². The molecule has 1 aliphatic rings. The highest BCUT2D eigenvalue weighted by atomic mass is 32.1. The predicted molar refractivity (Wildman–Crippen MR) is 112 cm³/mol. The minimum Gasteiger partial charge on any atom is -0.349 e. The summed E-state index contributed by atoms with van der Waals surface area (Å²) < 4.78 is 2.05. The molecule has 0 aliphatic heterocycles. The molecule has 3 aromatic rings. The van der Waals surface area contributed by atoms with E-state index in [0.717, 1.165) is 42.6 Å². The van der Waals surface area contributed by atoms with Crippen LogP contribution in [0, 0.1) is 20.8 Å². The lowest BCUT2D eigenvalue weighted by Crippen LogP contribution is -2.31. The third-order valence-corrected chi connectivity index (χ3v) is 6.39. The van der Waals surface area contributed by atoms with Crippen molar-refractivity contribution < 1.29 is 4.79 Å². The zero-order valence-corrected chi connectivity index (χ0v) is 17.5. The Kier molecular flexibility index (Phi) is 5.31. The van der Waals surface area contributed by atoms with Gasteiger partial charge in [0.15, 0.2) is 0 Å². The van der Waals surface area contributed by atoms with Crippen LogP contribution in [-0.2, 0) is 17.6 Å². The normalized spacial score (nSPS) is 16.0. The van der Waals surface area contributed by atoms with Crippen LogP contribution in [0.5, 0.6) is 0 Å². The number of fused-ring (bicyclic) bond motifs is 1. The topological polar surface area (TPSA) is 59.8 Å². The Morgan fingerprint density at radius 2 is 2.04 bits per heavy atom. The van der Waals surface area contributed by atoms with Gasteiger partial charge >= 0.3 is 0 Å². The summed E-state index contributed by atoms with van der Waals surface area (Å²) in [5.74, 6) is 0.102. The number of thiazole rings is 1. The Labute approximate surface area is 169 Å². The fourth-order valence-corrected chi connectivity index (χ4v) is 4.84. The molecule has 0 unspecified atom stereocenters. The SMILES string of the molecule is Cc1cc(C)cc(-n2ncc3c2CCC[C@@H]3NC(=O)CCc2scnc2C)c1. The van der Waals surface area contributed by atoms with Crippen LogP contribution in [0.4, 0.5) is 0 Å². The maximum Gasteiger partial charge on any atom is 0.220 e. The molecule has 0 fully saturated rings. The molecule has 0 saturated carbocycles. The fourth-order valence-electron chi connectivity index (χ4n) is 4.06. The van der Waals surface area contributed by atoms with Gasteiger partial charge in [0.1, 0.15) is 0 Å². The molecule has 1 aromatic carbocycles. The molecule has 1 N–H and O–H groups in total. The van der Waals surface area contributed by atoms with Crippen molar-refractivity contribution in [1.82, 2.24) is 20.1 Å². The number of carbonyl (C=O) groups is 1. The molecule has 28 heavy (non-hydrogen) atoms. The maximum absolute atomic E-state index is 12.5. The van der Waals surface area contributed by atoms with Gasteiger partial charge in [-0.25, -0.2) is 9.67 Å². The van der Waals surface area contributed by atoms with Gasteiger partial charge in [-0.3, -0.25) is 4.79 Å². The van der Waals surface area contributed by atoms with Gasteiger partial charge in [0.2, 0.25) is 5.91 Å². The Balaban J connectivity index is 1.49. The smallest absolute Gasteiger partial charge is 0.220 e. The number of amides is 1. The minimum absolute atomic E-state index is 0.0541. The van der Waals surface area contributed by atoms with Gasteiger partial charge < -0.3 is 5.32 Å². The van der Waals surface area contributed by atoms with Crippen LogP contribution in [0.2, 0.25) is 0 Å². The molecule has 5 nitrogen and oxygen atoms in total. The highest BCUT2D eigenvalue weighted by molar-refractivity contribution is 7.09. The number of carbonyl (C=O) groups excluding carboxylic acids is 1. The van der Waals surface area contributed by atoms with Crippen molar-refractivity contribution in [2.45, 2.75) is 58.9 Å². The largest absolute Gasteiger partial charge is 0.349 e. The van der Waals surface area contributed by atoms with Crippen molar-refractivity contribution in [3.63, 3.8) is 0 Å². The molecule has 4 rings (SSSR count). The second kappa shape index (κ2) is 7.87. The van der Waals surface area contributed by atoms with Crippen molar-refractivity contribution in [3.8, 4) is 5.69 Å². The van der Waals surface area contributed by atoms with Crippen molar-refractivity contribution in [2.75, 3.05) is 0 Å². The van der Waals surface area contributed by atoms with Gasteiger partial charge in [0.25, 0.3) is 0 Å². The molecule has 0 spiro atoms. The minimum atomic E-state index is 0.0541. The van der Waals surface area contributed by atoms with E-state index >= 15 is 0 Å². The molecule has 146 valence electrons.